The quantitative estimate of drug-likeness (QED) is 0.452. The lowest BCUT2D eigenvalue weighted by Gasteiger charge is -2.19. The van der Waals surface area contributed by atoms with Gasteiger partial charge in [-0.3, -0.25) is 9.59 Å². The van der Waals surface area contributed by atoms with Crippen LogP contribution < -0.4 is 10.6 Å². The predicted molar refractivity (Wildman–Crippen MR) is 105 cm³/mol. The lowest BCUT2D eigenvalue weighted by Crippen LogP contribution is -2.47. The van der Waals surface area contributed by atoms with Crippen molar-refractivity contribution < 1.29 is 35.6 Å². The maximum absolute atomic E-state index is 14.1. The molecule has 0 saturated carbocycles. The van der Waals surface area contributed by atoms with Crippen molar-refractivity contribution >= 4 is 21.7 Å². The summed E-state index contributed by atoms with van der Waals surface area (Å²) in [5.74, 6) is -4.81. The molecule has 2 rings (SSSR count). The standard InChI is InChI=1S/C20H17F4N3O4S/c21-16-8-4-7-15(20(22,23)24)14(16)12-32(30,31)17(19(29)26-10-9-25)11-27-18(28)13-5-2-1-3-6-13/h1-8,17H,10-12H2,(H,26,29)(H,27,28). The van der Waals surface area contributed by atoms with E-state index in [0.717, 1.165) is 6.07 Å². The summed E-state index contributed by atoms with van der Waals surface area (Å²) in [6.07, 6.45) is -5.03. The van der Waals surface area contributed by atoms with Crippen molar-refractivity contribution in [3.8, 4) is 6.07 Å². The highest BCUT2D eigenvalue weighted by Gasteiger charge is 2.39. The summed E-state index contributed by atoms with van der Waals surface area (Å²) in [6.45, 7) is -1.38. The Hall–Kier alpha value is -3.46. The van der Waals surface area contributed by atoms with Gasteiger partial charge in [0.05, 0.1) is 17.4 Å². The van der Waals surface area contributed by atoms with E-state index in [1.54, 1.807) is 24.3 Å². The van der Waals surface area contributed by atoms with Gasteiger partial charge in [0.1, 0.15) is 12.4 Å². The molecule has 0 aliphatic rings. The number of carbonyl (C=O) groups is 2. The molecule has 0 aromatic heterocycles. The number of hydrogen-bond donors (Lipinski definition) is 2. The van der Waals surface area contributed by atoms with Crippen LogP contribution in [0.25, 0.3) is 0 Å². The van der Waals surface area contributed by atoms with Crippen LogP contribution in [-0.2, 0) is 26.6 Å². The molecule has 7 nitrogen and oxygen atoms in total. The second-order valence-corrected chi connectivity index (χ2v) is 8.69. The maximum atomic E-state index is 14.1. The highest BCUT2D eigenvalue weighted by molar-refractivity contribution is 7.92. The molecule has 0 heterocycles. The Balaban J connectivity index is 2.35. The number of nitriles is 1. The predicted octanol–water partition coefficient (Wildman–Crippen LogP) is 2.20. The van der Waals surface area contributed by atoms with E-state index in [2.05, 4.69) is 5.32 Å². The van der Waals surface area contributed by atoms with Crippen molar-refractivity contribution in [3.05, 3.63) is 71.0 Å². The average molecular weight is 471 g/mol. The lowest BCUT2D eigenvalue weighted by molar-refractivity contribution is -0.138. The molecule has 12 heteroatoms. The van der Waals surface area contributed by atoms with Crippen LogP contribution in [0.4, 0.5) is 17.6 Å². The fourth-order valence-electron chi connectivity index (χ4n) is 2.77. The summed E-state index contributed by atoms with van der Waals surface area (Å²) in [6, 6.07) is 11.1. The van der Waals surface area contributed by atoms with E-state index in [4.69, 9.17) is 5.26 Å². The zero-order chi connectivity index (χ0) is 23.9. The average Bonchev–Trinajstić information content (AvgIpc) is 2.73. The molecular formula is C20H17F4N3O4S. The van der Waals surface area contributed by atoms with Crippen molar-refractivity contribution in [3.63, 3.8) is 0 Å². The van der Waals surface area contributed by atoms with Crippen LogP contribution in [0.1, 0.15) is 21.5 Å². The smallest absolute Gasteiger partial charge is 0.350 e. The SMILES string of the molecule is N#CCNC(=O)C(CNC(=O)c1ccccc1)S(=O)(=O)Cc1c(F)cccc1C(F)(F)F. The minimum absolute atomic E-state index is 0.148. The number of benzene rings is 2. The molecular weight excluding hydrogens is 454 g/mol. The van der Waals surface area contributed by atoms with E-state index in [9.17, 15) is 35.6 Å². The molecule has 0 spiro atoms. The van der Waals surface area contributed by atoms with Crippen molar-refractivity contribution in [1.29, 1.82) is 5.26 Å². The van der Waals surface area contributed by atoms with E-state index in [0.29, 0.717) is 12.1 Å². The number of rotatable bonds is 8. The number of sulfone groups is 1. The van der Waals surface area contributed by atoms with E-state index >= 15 is 0 Å². The van der Waals surface area contributed by atoms with Crippen LogP contribution in [0, 0.1) is 17.1 Å². The Morgan fingerprint density at radius 3 is 2.28 bits per heavy atom. The Labute approximate surface area is 181 Å². The van der Waals surface area contributed by atoms with Crippen LogP contribution in [0.15, 0.2) is 48.5 Å². The van der Waals surface area contributed by atoms with E-state index in [1.807, 2.05) is 5.32 Å². The number of carbonyl (C=O) groups excluding carboxylic acids is 2. The number of amides is 2. The van der Waals surface area contributed by atoms with E-state index in [1.165, 1.54) is 12.1 Å². The van der Waals surface area contributed by atoms with Crippen LogP contribution in [0.5, 0.6) is 0 Å². The third kappa shape index (κ3) is 6.27. The van der Waals surface area contributed by atoms with Crippen LogP contribution in [-0.4, -0.2) is 38.6 Å². The molecule has 2 aromatic carbocycles. The third-order valence-electron chi connectivity index (χ3n) is 4.32. The van der Waals surface area contributed by atoms with Gasteiger partial charge in [-0.1, -0.05) is 24.3 Å². The fraction of sp³-hybridized carbons (Fsp3) is 0.250. The Kier molecular flexibility index (Phi) is 7.93. The van der Waals surface area contributed by atoms with Gasteiger partial charge in [-0.15, -0.1) is 0 Å². The molecule has 0 radical (unpaired) electrons. The van der Waals surface area contributed by atoms with Gasteiger partial charge in [-0.05, 0) is 24.3 Å². The molecule has 2 amide bonds. The van der Waals surface area contributed by atoms with Gasteiger partial charge < -0.3 is 10.6 Å². The zero-order valence-electron chi connectivity index (χ0n) is 16.3. The van der Waals surface area contributed by atoms with Crippen molar-refractivity contribution in [2.75, 3.05) is 13.1 Å². The highest BCUT2D eigenvalue weighted by Crippen LogP contribution is 2.34. The van der Waals surface area contributed by atoms with Gasteiger partial charge in [0.25, 0.3) is 5.91 Å². The van der Waals surface area contributed by atoms with Gasteiger partial charge in [-0.2, -0.15) is 18.4 Å². The molecule has 2 N–H and O–H groups in total. The van der Waals surface area contributed by atoms with Crippen LogP contribution >= 0.6 is 0 Å². The Morgan fingerprint density at radius 1 is 1.03 bits per heavy atom. The second kappa shape index (κ2) is 10.2. The van der Waals surface area contributed by atoms with E-state index < -0.39 is 68.9 Å². The summed E-state index contributed by atoms with van der Waals surface area (Å²) in [4.78, 5) is 24.6. The molecule has 0 bridgehead atoms. The van der Waals surface area contributed by atoms with Gasteiger partial charge in [0.2, 0.25) is 5.91 Å². The van der Waals surface area contributed by atoms with Gasteiger partial charge in [0.15, 0.2) is 15.1 Å². The first kappa shape index (κ1) is 24.8. The summed E-state index contributed by atoms with van der Waals surface area (Å²) >= 11 is 0. The first-order chi connectivity index (χ1) is 15.0. The lowest BCUT2D eigenvalue weighted by atomic mass is 10.1. The molecule has 0 fully saturated rings. The fourth-order valence-corrected chi connectivity index (χ4v) is 4.42. The molecule has 0 aliphatic carbocycles. The normalized spacial score (nSPS) is 12.5. The molecule has 1 atom stereocenters. The number of nitrogens with one attached hydrogen (secondary N) is 2. The Morgan fingerprint density at radius 2 is 1.69 bits per heavy atom. The molecule has 170 valence electrons. The van der Waals surface area contributed by atoms with Crippen LogP contribution in [0.2, 0.25) is 0 Å². The summed E-state index contributed by atoms with van der Waals surface area (Å²) in [7, 11) is -4.76. The van der Waals surface area contributed by atoms with Gasteiger partial charge >= 0.3 is 6.18 Å². The van der Waals surface area contributed by atoms with Crippen molar-refractivity contribution in [1.82, 2.24) is 10.6 Å². The van der Waals surface area contributed by atoms with Gasteiger partial charge in [0, 0.05) is 17.7 Å². The molecule has 0 saturated heterocycles. The third-order valence-corrected chi connectivity index (χ3v) is 6.26. The van der Waals surface area contributed by atoms with Gasteiger partial charge in [-0.25, -0.2) is 12.8 Å². The minimum atomic E-state index is -5.03. The molecule has 2 aromatic rings. The largest absolute Gasteiger partial charge is 0.416 e. The highest BCUT2D eigenvalue weighted by atomic mass is 32.2. The first-order valence-corrected chi connectivity index (χ1v) is 10.7. The van der Waals surface area contributed by atoms with E-state index in [-0.39, 0.29) is 5.56 Å². The topological polar surface area (TPSA) is 116 Å². The number of nitrogens with zero attached hydrogens (tertiary/aromatic N) is 1. The summed E-state index contributed by atoms with van der Waals surface area (Å²) in [5.41, 5.74) is -2.49. The molecule has 32 heavy (non-hydrogen) atoms. The molecule has 0 aliphatic heterocycles. The van der Waals surface area contributed by atoms with Crippen LogP contribution in [0.3, 0.4) is 0 Å². The minimum Gasteiger partial charge on any atom is -0.350 e. The summed E-state index contributed by atoms with van der Waals surface area (Å²) < 4.78 is 79.6. The number of hydrogen-bond acceptors (Lipinski definition) is 5. The number of halogens is 4. The number of alkyl halides is 3. The monoisotopic (exact) mass is 471 g/mol. The first-order valence-electron chi connectivity index (χ1n) is 9.01. The zero-order valence-corrected chi connectivity index (χ0v) is 17.1. The Bertz CT molecular complexity index is 1130. The van der Waals surface area contributed by atoms with Crippen molar-refractivity contribution in [2.45, 2.75) is 17.2 Å². The second-order valence-electron chi connectivity index (χ2n) is 6.51. The maximum Gasteiger partial charge on any atom is 0.416 e. The molecule has 1 unspecified atom stereocenters. The summed E-state index contributed by atoms with van der Waals surface area (Å²) in [5, 5.41) is 10.8. The van der Waals surface area contributed by atoms with Crippen molar-refractivity contribution in [2.24, 2.45) is 0 Å².